The van der Waals surface area contributed by atoms with Crippen LogP contribution in [-0.2, 0) is 5.75 Å². The van der Waals surface area contributed by atoms with Crippen LogP contribution in [0.3, 0.4) is 0 Å². The molecule has 98 valence electrons. The van der Waals surface area contributed by atoms with Crippen LogP contribution in [-0.4, -0.2) is 5.55 Å². The van der Waals surface area contributed by atoms with Gasteiger partial charge in [0.25, 0.3) is 0 Å². The lowest BCUT2D eigenvalue weighted by Crippen LogP contribution is -1.90. The summed E-state index contributed by atoms with van der Waals surface area (Å²) in [6, 6.07) is 11.0. The lowest BCUT2D eigenvalue weighted by atomic mass is 10.2. The smallest absolute Gasteiger partial charge is 0.137 e. The Hall–Kier alpha value is -0.840. The summed E-state index contributed by atoms with van der Waals surface area (Å²) in [6.07, 6.45) is 0. The standard InChI is InChI=1S/C14H10BrClFNS/c15-11-3-1-9(5-12(11)17)7-19-8-18-13-4-2-10(16)6-14(13)19/h1-6,8,19H,7H2. The molecule has 0 saturated heterocycles. The van der Waals surface area contributed by atoms with Crippen molar-refractivity contribution in [1.29, 1.82) is 0 Å². The Kier molecular flexibility index (Phi) is 3.65. The molecular formula is C14H10BrClFNS. The third kappa shape index (κ3) is 2.71. The zero-order chi connectivity index (χ0) is 13.4. The highest BCUT2D eigenvalue weighted by Gasteiger charge is 2.16. The van der Waals surface area contributed by atoms with Gasteiger partial charge in [-0.15, -0.1) is 0 Å². The highest BCUT2D eigenvalue weighted by Crippen LogP contribution is 2.48. The first-order valence-electron chi connectivity index (χ1n) is 5.68. The predicted octanol–water partition coefficient (Wildman–Crippen LogP) is 5.48. The second-order valence-electron chi connectivity index (χ2n) is 4.25. The van der Waals surface area contributed by atoms with Crippen LogP contribution in [0, 0.1) is 5.82 Å². The van der Waals surface area contributed by atoms with Gasteiger partial charge in [0.15, 0.2) is 0 Å². The van der Waals surface area contributed by atoms with Gasteiger partial charge in [-0.05, 0) is 51.8 Å². The number of benzene rings is 2. The number of nitrogens with zero attached hydrogens (tertiary/aromatic N) is 1. The Morgan fingerprint density at radius 2 is 2.05 bits per heavy atom. The van der Waals surface area contributed by atoms with E-state index < -0.39 is 10.9 Å². The highest BCUT2D eigenvalue weighted by molar-refractivity contribution is 9.10. The number of hydrogen-bond acceptors (Lipinski definition) is 1. The summed E-state index contributed by atoms with van der Waals surface area (Å²) in [7, 11) is -0.534. The van der Waals surface area contributed by atoms with E-state index in [-0.39, 0.29) is 5.82 Å². The molecule has 19 heavy (non-hydrogen) atoms. The second-order valence-corrected chi connectivity index (χ2v) is 7.51. The van der Waals surface area contributed by atoms with Crippen molar-refractivity contribution in [3.8, 4) is 0 Å². The van der Waals surface area contributed by atoms with E-state index in [0.717, 1.165) is 22.0 Å². The van der Waals surface area contributed by atoms with E-state index >= 15 is 0 Å². The molecule has 3 rings (SSSR count). The summed E-state index contributed by atoms with van der Waals surface area (Å²) in [4.78, 5) is 5.57. The van der Waals surface area contributed by atoms with Gasteiger partial charge >= 0.3 is 0 Å². The van der Waals surface area contributed by atoms with Gasteiger partial charge in [0.05, 0.1) is 10.2 Å². The topological polar surface area (TPSA) is 12.4 Å². The van der Waals surface area contributed by atoms with Gasteiger partial charge < -0.3 is 0 Å². The Labute approximate surface area is 127 Å². The van der Waals surface area contributed by atoms with E-state index in [1.807, 2.05) is 29.8 Å². The molecule has 0 aromatic heterocycles. The maximum absolute atomic E-state index is 13.5. The first kappa shape index (κ1) is 13.2. The van der Waals surface area contributed by atoms with E-state index in [0.29, 0.717) is 4.47 Å². The quantitative estimate of drug-likeness (QED) is 0.683. The average molecular weight is 359 g/mol. The lowest BCUT2D eigenvalue weighted by molar-refractivity contribution is 0.620. The molecule has 1 atom stereocenters. The SMILES string of the molecule is Fc1cc(C[SH]2C=Nc3ccc(Cl)cc32)ccc1Br. The van der Waals surface area contributed by atoms with Gasteiger partial charge in [-0.25, -0.2) is 4.39 Å². The van der Waals surface area contributed by atoms with Crippen molar-refractivity contribution >= 4 is 49.7 Å². The minimum atomic E-state index is -0.534. The van der Waals surface area contributed by atoms with E-state index in [2.05, 4.69) is 20.9 Å². The number of aliphatic imine (C=N–C) groups is 1. The molecule has 0 fully saturated rings. The van der Waals surface area contributed by atoms with E-state index in [4.69, 9.17) is 11.6 Å². The van der Waals surface area contributed by atoms with Gasteiger partial charge in [0, 0.05) is 21.2 Å². The summed E-state index contributed by atoms with van der Waals surface area (Å²) in [5.41, 5.74) is 3.93. The molecule has 0 spiro atoms. The minimum Gasteiger partial charge on any atom is -0.250 e. The number of rotatable bonds is 2. The van der Waals surface area contributed by atoms with Crippen molar-refractivity contribution in [1.82, 2.24) is 0 Å². The number of thiol groups is 1. The fourth-order valence-electron chi connectivity index (χ4n) is 1.99. The molecule has 1 aliphatic heterocycles. The second kappa shape index (κ2) is 5.27. The van der Waals surface area contributed by atoms with Gasteiger partial charge in [-0.2, -0.15) is 10.9 Å². The molecule has 1 unspecified atom stereocenters. The minimum absolute atomic E-state index is 0.227. The average Bonchev–Trinajstić information content (AvgIpc) is 2.77. The number of halogens is 3. The van der Waals surface area contributed by atoms with Crippen LogP contribution >= 0.6 is 38.4 Å². The summed E-state index contributed by atoms with van der Waals surface area (Å²) in [5, 5.41) is 0.721. The van der Waals surface area contributed by atoms with Crippen LogP contribution in [0.1, 0.15) is 5.56 Å². The summed E-state index contributed by atoms with van der Waals surface area (Å²) >= 11 is 9.19. The maximum atomic E-state index is 13.5. The van der Waals surface area contributed by atoms with Crippen molar-refractivity contribution in [3.05, 3.63) is 57.3 Å². The van der Waals surface area contributed by atoms with Crippen LogP contribution in [0.15, 0.2) is 50.8 Å². The first-order chi connectivity index (χ1) is 9.13. The van der Waals surface area contributed by atoms with Gasteiger partial charge in [0.2, 0.25) is 0 Å². The Balaban J connectivity index is 1.88. The van der Waals surface area contributed by atoms with Crippen molar-refractivity contribution < 1.29 is 4.39 Å². The fourth-order valence-corrected chi connectivity index (χ4v) is 4.45. The van der Waals surface area contributed by atoms with Gasteiger partial charge in [-0.1, -0.05) is 17.7 Å². The van der Waals surface area contributed by atoms with Gasteiger partial charge in [-0.3, -0.25) is 4.99 Å². The van der Waals surface area contributed by atoms with Crippen LogP contribution in [0.4, 0.5) is 10.1 Å². The molecule has 5 heteroatoms. The molecule has 0 N–H and O–H groups in total. The number of fused-ring (bicyclic) bond motifs is 1. The van der Waals surface area contributed by atoms with Crippen molar-refractivity contribution in [2.24, 2.45) is 4.99 Å². The summed E-state index contributed by atoms with van der Waals surface area (Å²) < 4.78 is 14.0. The Bertz CT molecular complexity index is 674. The molecule has 1 heterocycles. The van der Waals surface area contributed by atoms with E-state index in [1.54, 1.807) is 12.1 Å². The molecular weight excluding hydrogens is 349 g/mol. The van der Waals surface area contributed by atoms with Crippen LogP contribution < -0.4 is 0 Å². The molecule has 0 radical (unpaired) electrons. The molecule has 2 aromatic carbocycles. The van der Waals surface area contributed by atoms with Crippen molar-refractivity contribution in [2.45, 2.75) is 10.6 Å². The van der Waals surface area contributed by atoms with Gasteiger partial charge in [0.1, 0.15) is 5.82 Å². The molecule has 1 nitrogen and oxygen atoms in total. The normalized spacial score (nSPS) is 18.6. The third-order valence-corrected chi connectivity index (χ3v) is 5.88. The zero-order valence-electron chi connectivity index (χ0n) is 9.78. The van der Waals surface area contributed by atoms with Crippen LogP contribution in [0.2, 0.25) is 5.02 Å². The third-order valence-electron chi connectivity index (χ3n) is 2.92. The van der Waals surface area contributed by atoms with Crippen molar-refractivity contribution in [2.75, 3.05) is 0 Å². The Morgan fingerprint density at radius 1 is 1.21 bits per heavy atom. The molecule has 0 aliphatic carbocycles. The zero-order valence-corrected chi connectivity index (χ0v) is 13.0. The largest absolute Gasteiger partial charge is 0.250 e. The predicted molar refractivity (Wildman–Crippen MR) is 84.7 cm³/mol. The van der Waals surface area contributed by atoms with Crippen molar-refractivity contribution in [3.63, 3.8) is 0 Å². The lowest BCUT2D eigenvalue weighted by Gasteiger charge is -2.14. The fraction of sp³-hybridized carbons (Fsp3) is 0.0714. The summed E-state index contributed by atoms with van der Waals surface area (Å²) in [6.45, 7) is 0. The first-order valence-corrected chi connectivity index (χ1v) is 8.44. The maximum Gasteiger partial charge on any atom is 0.137 e. The monoisotopic (exact) mass is 357 g/mol. The summed E-state index contributed by atoms with van der Waals surface area (Å²) in [5.74, 6) is 0.561. The molecule has 1 aliphatic rings. The van der Waals surface area contributed by atoms with E-state index in [9.17, 15) is 4.39 Å². The van der Waals surface area contributed by atoms with Crippen LogP contribution in [0.5, 0.6) is 0 Å². The number of hydrogen-bond donors (Lipinski definition) is 1. The van der Waals surface area contributed by atoms with Crippen LogP contribution in [0.25, 0.3) is 0 Å². The molecule has 0 amide bonds. The molecule has 0 bridgehead atoms. The highest BCUT2D eigenvalue weighted by atomic mass is 79.9. The Morgan fingerprint density at radius 3 is 2.84 bits per heavy atom. The molecule has 0 saturated carbocycles. The molecule has 2 aromatic rings. The van der Waals surface area contributed by atoms with E-state index in [1.165, 1.54) is 4.90 Å².